The highest BCUT2D eigenvalue weighted by Crippen LogP contribution is 2.21. The molecule has 0 aliphatic carbocycles. The van der Waals surface area contributed by atoms with Crippen LogP contribution < -0.4 is 15.8 Å². The molecule has 3 rings (SSSR count). The number of aromatic nitrogens is 2. The van der Waals surface area contributed by atoms with Crippen LogP contribution in [0.25, 0.3) is 4.96 Å². The van der Waals surface area contributed by atoms with Crippen LogP contribution in [0.4, 0.5) is 10.1 Å². The zero-order valence-electron chi connectivity index (χ0n) is 14.7. The zero-order valence-corrected chi connectivity index (χ0v) is 15.6. The number of hydrogen-bond donors (Lipinski definition) is 1. The summed E-state index contributed by atoms with van der Waals surface area (Å²) < 4.78 is 14.5. The lowest BCUT2D eigenvalue weighted by atomic mass is 10.2. The SMILES string of the molecule is CCN(Cc1cc(=O)n2c(C(=O)NC)c(C)sc2n1)c1ccc(F)cc1. The van der Waals surface area contributed by atoms with Crippen molar-refractivity contribution in [1.82, 2.24) is 14.7 Å². The van der Waals surface area contributed by atoms with Crippen LogP contribution >= 0.6 is 11.3 Å². The number of aryl methyl sites for hydroxylation is 1. The fourth-order valence-electron chi connectivity index (χ4n) is 2.82. The van der Waals surface area contributed by atoms with Crippen molar-refractivity contribution in [2.75, 3.05) is 18.5 Å². The highest BCUT2D eigenvalue weighted by Gasteiger charge is 2.19. The standard InChI is InChI=1S/C18H19FN4O2S/c1-4-22(14-7-5-12(19)6-8-14)10-13-9-15(24)23-16(17(25)20-3)11(2)26-18(23)21-13/h5-9H,4,10H2,1-3H3,(H,20,25). The molecule has 0 fully saturated rings. The normalized spacial score (nSPS) is 10.9. The predicted octanol–water partition coefficient (Wildman–Crippen LogP) is 2.59. The van der Waals surface area contributed by atoms with E-state index in [1.807, 2.05) is 11.8 Å². The summed E-state index contributed by atoms with van der Waals surface area (Å²) in [4.78, 5) is 32.4. The van der Waals surface area contributed by atoms with E-state index >= 15 is 0 Å². The van der Waals surface area contributed by atoms with Gasteiger partial charge in [-0.2, -0.15) is 0 Å². The number of thiazole rings is 1. The number of carbonyl (C=O) groups is 1. The summed E-state index contributed by atoms with van der Waals surface area (Å²) in [5.41, 5.74) is 1.49. The average molecular weight is 374 g/mol. The molecule has 3 aromatic rings. The number of nitrogens with one attached hydrogen (secondary N) is 1. The Morgan fingerprint density at radius 1 is 1.35 bits per heavy atom. The van der Waals surface area contributed by atoms with E-state index in [-0.39, 0.29) is 17.3 Å². The van der Waals surface area contributed by atoms with Crippen LogP contribution in [-0.4, -0.2) is 28.9 Å². The van der Waals surface area contributed by atoms with E-state index in [2.05, 4.69) is 10.3 Å². The Hall–Kier alpha value is -2.74. The minimum absolute atomic E-state index is 0.289. The van der Waals surface area contributed by atoms with Crippen LogP contribution in [0.5, 0.6) is 0 Å². The van der Waals surface area contributed by atoms with Crippen molar-refractivity contribution >= 4 is 27.9 Å². The highest BCUT2D eigenvalue weighted by atomic mass is 32.1. The Labute approximate surface area is 153 Å². The van der Waals surface area contributed by atoms with Crippen molar-refractivity contribution < 1.29 is 9.18 Å². The third-order valence-electron chi connectivity index (χ3n) is 4.11. The van der Waals surface area contributed by atoms with Crippen molar-refractivity contribution in [2.45, 2.75) is 20.4 Å². The van der Waals surface area contributed by atoms with Crippen LogP contribution in [0.3, 0.4) is 0 Å². The summed E-state index contributed by atoms with van der Waals surface area (Å²) in [6, 6.07) is 7.65. The van der Waals surface area contributed by atoms with Crippen LogP contribution in [0, 0.1) is 12.7 Å². The average Bonchev–Trinajstić information content (AvgIpc) is 2.96. The van der Waals surface area contributed by atoms with Crippen molar-refractivity contribution in [2.24, 2.45) is 0 Å². The van der Waals surface area contributed by atoms with Crippen LogP contribution in [0.1, 0.15) is 28.0 Å². The molecular weight excluding hydrogens is 355 g/mol. The van der Waals surface area contributed by atoms with E-state index in [4.69, 9.17) is 0 Å². The molecule has 0 saturated carbocycles. The number of rotatable bonds is 5. The van der Waals surface area contributed by atoms with Gasteiger partial charge in [-0.15, -0.1) is 11.3 Å². The van der Waals surface area contributed by atoms with Crippen LogP contribution in [-0.2, 0) is 6.54 Å². The number of carbonyl (C=O) groups excluding carboxylic acids is 1. The second-order valence-corrected chi connectivity index (χ2v) is 6.96. The van der Waals surface area contributed by atoms with Gasteiger partial charge in [-0.25, -0.2) is 13.8 Å². The van der Waals surface area contributed by atoms with Gasteiger partial charge >= 0.3 is 0 Å². The second kappa shape index (κ2) is 7.25. The van der Waals surface area contributed by atoms with Crippen molar-refractivity contribution in [3.8, 4) is 0 Å². The van der Waals surface area contributed by atoms with Gasteiger partial charge in [0.2, 0.25) is 0 Å². The first-order valence-electron chi connectivity index (χ1n) is 8.19. The lowest BCUT2D eigenvalue weighted by molar-refractivity contribution is 0.0956. The molecule has 0 aliphatic heterocycles. The van der Waals surface area contributed by atoms with Gasteiger partial charge in [0.15, 0.2) is 4.96 Å². The van der Waals surface area contributed by atoms with Gasteiger partial charge in [-0.05, 0) is 38.1 Å². The van der Waals surface area contributed by atoms with Crippen molar-refractivity contribution in [3.63, 3.8) is 0 Å². The first kappa shape index (κ1) is 18.1. The Kier molecular flexibility index (Phi) is 5.03. The molecule has 1 amide bonds. The smallest absolute Gasteiger partial charge is 0.269 e. The Morgan fingerprint density at radius 3 is 2.65 bits per heavy atom. The topological polar surface area (TPSA) is 66.7 Å². The van der Waals surface area contributed by atoms with Gasteiger partial charge < -0.3 is 10.2 Å². The van der Waals surface area contributed by atoms with Crippen LogP contribution in [0.15, 0.2) is 35.1 Å². The third kappa shape index (κ3) is 3.32. The molecule has 0 atom stereocenters. The van der Waals surface area contributed by atoms with Gasteiger partial charge in [0.1, 0.15) is 11.5 Å². The summed E-state index contributed by atoms with van der Waals surface area (Å²) in [6.45, 7) is 4.87. The van der Waals surface area contributed by atoms with E-state index in [1.165, 1.54) is 41.0 Å². The Balaban J connectivity index is 2.00. The number of benzene rings is 1. The number of hydrogen-bond acceptors (Lipinski definition) is 5. The molecule has 0 unspecified atom stereocenters. The van der Waals surface area contributed by atoms with E-state index in [9.17, 15) is 14.0 Å². The largest absolute Gasteiger partial charge is 0.366 e. The quantitative estimate of drug-likeness (QED) is 0.745. The molecule has 0 bridgehead atoms. The van der Waals surface area contributed by atoms with E-state index in [0.717, 1.165) is 10.6 Å². The van der Waals surface area contributed by atoms with E-state index in [0.29, 0.717) is 29.4 Å². The maximum atomic E-state index is 13.1. The van der Waals surface area contributed by atoms with Gasteiger partial charge in [0, 0.05) is 30.2 Å². The molecule has 2 aromatic heterocycles. The number of anilines is 1. The Bertz CT molecular complexity index is 1010. The minimum atomic E-state index is -0.313. The minimum Gasteiger partial charge on any atom is -0.366 e. The molecule has 1 aromatic carbocycles. The van der Waals surface area contributed by atoms with Crippen molar-refractivity contribution in [1.29, 1.82) is 0 Å². The van der Waals surface area contributed by atoms with Gasteiger partial charge in [-0.1, -0.05) is 0 Å². The molecule has 1 N–H and O–H groups in total. The third-order valence-corrected chi connectivity index (χ3v) is 5.07. The molecule has 26 heavy (non-hydrogen) atoms. The predicted molar refractivity (Wildman–Crippen MR) is 101 cm³/mol. The fraction of sp³-hybridized carbons (Fsp3) is 0.278. The maximum absolute atomic E-state index is 13.1. The molecule has 136 valence electrons. The molecule has 8 heteroatoms. The summed E-state index contributed by atoms with van der Waals surface area (Å²) in [6.07, 6.45) is 0. The number of nitrogens with zero attached hydrogens (tertiary/aromatic N) is 3. The monoisotopic (exact) mass is 374 g/mol. The zero-order chi connectivity index (χ0) is 18.8. The van der Waals surface area contributed by atoms with Gasteiger partial charge in [-0.3, -0.25) is 9.59 Å². The molecule has 0 saturated heterocycles. The molecule has 0 aliphatic rings. The fourth-order valence-corrected chi connectivity index (χ4v) is 3.81. The lowest BCUT2D eigenvalue weighted by Gasteiger charge is -2.22. The van der Waals surface area contributed by atoms with Gasteiger partial charge in [0.25, 0.3) is 11.5 Å². The van der Waals surface area contributed by atoms with Gasteiger partial charge in [0.05, 0.1) is 12.2 Å². The molecule has 0 spiro atoms. The molecule has 6 nitrogen and oxygen atoms in total. The summed E-state index contributed by atoms with van der Waals surface area (Å²) >= 11 is 1.31. The van der Waals surface area contributed by atoms with Crippen LogP contribution in [0.2, 0.25) is 0 Å². The van der Waals surface area contributed by atoms with Crippen molar-refractivity contribution in [3.05, 3.63) is 62.8 Å². The maximum Gasteiger partial charge on any atom is 0.269 e. The molecule has 2 heterocycles. The second-order valence-electron chi connectivity index (χ2n) is 5.78. The Morgan fingerprint density at radius 2 is 2.04 bits per heavy atom. The number of fused-ring (bicyclic) bond motifs is 1. The van der Waals surface area contributed by atoms with E-state index in [1.54, 1.807) is 19.1 Å². The first-order valence-corrected chi connectivity index (χ1v) is 9.01. The lowest BCUT2D eigenvalue weighted by Crippen LogP contribution is -2.27. The molecule has 0 radical (unpaired) electrons. The highest BCUT2D eigenvalue weighted by molar-refractivity contribution is 7.17. The number of halogens is 1. The first-order chi connectivity index (χ1) is 12.4. The summed E-state index contributed by atoms with van der Waals surface area (Å²) in [5, 5.41) is 2.55. The summed E-state index contributed by atoms with van der Waals surface area (Å²) in [5.74, 6) is -0.606. The summed E-state index contributed by atoms with van der Waals surface area (Å²) in [7, 11) is 1.53. The molecular formula is C18H19FN4O2S. The number of amides is 1. The van der Waals surface area contributed by atoms with E-state index < -0.39 is 0 Å².